The van der Waals surface area contributed by atoms with Gasteiger partial charge >= 0.3 is 5.69 Å². The fraction of sp³-hybridized carbons (Fsp3) is 0.475. The number of nitrogens with zero attached hydrogens (tertiary/aromatic N) is 7. The summed E-state index contributed by atoms with van der Waals surface area (Å²) in [5.41, 5.74) is 6.16. The SMILES string of the molecule is COc1cc(-c2cn(C)c(=O)n3ccnc23)cc(OC)c1CN1CC(CN2CCC3(CC2)CN(c2ccc4c(c2)C(=O)N(C2CCC(=O)NC2=O)C4)C3)C1. The molecule has 4 aromatic rings. The van der Waals surface area contributed by atoms with Crippen LogP contribution in [0.25, 0.3) is 16.8 Å². The maximum absolute atomic E-state index is 13.3. The van der Waals surface area contributed by atoms with Crippen molar-refractivity contribution < 1.29 is 23.9 Å². The Balaban J connectivity index is 0.768. The number of anilines is 1. The Hall–Kier alpha value is -5.21. The number of rotatable bonds is 9. The normalized spacial score (nSPS) is 21.7. The molecule has 54 heavy (non-hydrogen) atoms. The molecule has 14 heteroatoms. The van der Waals surface area contributed by atoms with Crippen LogP contribution in [0.2, 0.25) is 0 Å². The predicted octanol–water partition coefficient (Wildman–Crippen LogP) is 2.51. The summed E-state index contributed by atoms with van der Waals surface area (Å²) in [6.45, 7) is 8.50. The first-order chi connectivity index (χ1) is 26.1. The van der Waals surface area contributed by atoms with Gasteiger partial charge in [-0.15, -0.1) is 0 Å². The van der Waals surface area contributed by atoms with E-state index in [-0.39, 0.29) is 29.8 Å². The first-order valence-corrected chi connectivity index (χ1v) is 18.9. The molecule has 282 valence electrons. The van der Waals surface area contributed by atoms with E-state index in [1.165, 1.54) is 12.8 Å². The van der Waals surface area contributed by atoms with E-state index in [1.54, 1.807) is 53.7 Å². The first-order valence-electron chi connectivity index (χ1n) is 18.9. The molecule has 4 saturated heterocycles. The average molecular weight is 735 g/mol. The van der Waals surface area contributed by atoms with Crippen molar-refractivity contribution in [1.82, 2.24) is 34.0 Å². The van der Waals surface area contributed by atoms with E-state index in [4.69, 9.17) is 9.47 Å². The third kappa shape index (κ3) is 5.91. The number of ether oxygens (including phenoxy) is 2. The molecule has 1 N–H and O–H groups in total. The number of carbonyl (C=O) groups is 3. The summed E-state index contributed by atoms with van der Waals surface area (Å²) in [6, 6.07) is 9.56. The number of likely N-dealkylation sites (tertiary alicyclic amines) is 2. The summed E-state index contributed by atoms with van der Waals surface area (Å²) in [7, 11) is 5.10. The number of carbonyl (C=O) groups excluding carboxylic acids is 3. The van der Waals surface area contributed by atoms with E-state index in [2.05, 4.69) is 31.1 Å². The molecule has 2 aromatic carbocycles. The van der Waals surface area contributed by atoms with Crippen molar-refractivity contribution in [2.45, 2.75) is 44.8 Å². The third-order valence-electron chi connectivity index (χ3n) is 12.4. The van der Waals surface area contributed by atoms with Crippen molar-refractivity contribution in [2.75, 3.05) is 64.9 Å². The molecule has 2 aromatic heterocycles. The van der Waals surface area contributed by atoms with Crippen molar-refractivity contribution in [3.8, 4) is 22.6 Å². The molecule has 1 unspecified atom stereocenters. The number of imide groups is 1. The van der Waals surface area contributed by atoms with E-state index in [1.807, 2.05) is 24.3 Å². The Labute approximate surface area is 313 Å². The number of methoxy groups -OCH3 is 2. The lowest BCUT2D eigenvalue weighted by Gasteiger charge is -2.55. The maximum atomic E-state index is 13.3. The van der Waals surface area contributed by atoms with Gasteiger partial charge in [0.05, 0.1) is 19.8 Å². The molecular formula is C40H46N8O6. The van der Waals surface area contributed by atoms with Crippen LogP contribution in [0.5, 0.6) is 11.5 Å². The van der Waals surface area contributed by atoms with Gasteiger partial charge in [-0.2, -0.15) is 0 Å². The number of aryl methyl sites for hydroxylation is 1. The lowest BCUT2D eigenvalue weighted by Crippen LogP contribution is -2.61. The van der Waals surface area contributed by atoms with Crippen LogP contribution in [0.4, 0.5) is 5.69 Å². The largest absolute Gasteiger partial charge is 0.496 e. The molecule has 9 rings (SSSR count). The van der Waals surface area contributed by atoms with Gasteiger partial charge in [0.2, 0.25) is 11.8 Å². The summed E-state index contributed by atoms with van der Waals surface area (Å²) in [6.07, 6.45) is 8.10. The number of amides is 3. The van der Waals surface area contributed by atoms with Crippen molar-refractivity contribution in [1.29, 1.82) is 0 Å². The second-order valence-electron chi connectivity index (χ2n) is 15.9. The van der Waals surface area contributed by atoms with Crippen LogP contribution < -0.4 is 25.4 Å². The van der Waals surface area contributed by atoms with Gasteiger partial charge in [-0.25, -0.2) is 9.78 Å². The number of piperidine rings is 2. The van der Waals surface area contributed by atoms with Crippen LogP contribution in [0, 0.1) is 11.3 Å². The highest BCUT2D eigenvalue weighted by Gasteiger charge is 2.46. The Kier molecular flexibility index (Phi) is 8.49. The monoisotopic (exact) mass is 734 g/mol. The number of hydrogen-bond acceptors (Lipinski definition) is 10. The van der Waals surface area contributed by atoms with E-state index < -0.39 is 6.04 Å². The summed E-state index contributed by atoms with van der Waals surface area (Å²) >= 11 is 0. The number of hydrogen-bond donors (Lipinski definition) is 1. The number of nitrogens with one attached hydrogen (secondary N) is 1. The molecule has 0 aliphatic carbocycles. The van der Waals surface area contributed by atoms with Gasteiger partial charge in [0.25, 0.3) is 5.91 Å². The minimum Gasteiger partial charge on any atom is -0.496 e. The van der Waals surface area contributed by atoms with Crippen LogP contribution in [0.15, 0.2) is 53.7 Å². The first kappa shape index (κ1) is 34.6. The summed E-state index contributed by atoms with van der Waals surface area (Å²) in [5.74, 6) is 1.36. The highest BCUT2D eigenvalue weighted by molar-refractivity contribution is 6.05. The predicted molar refractivity (Wildman–Crippen MR) is 201 cm³/mol. The molecular weight excluding hydrogens is 688 g/mol. The van der Waals surface area contributed by atoms with E-state index >= 15 is 0 Å². The number of aromatic nitrogens is 3. The topological polar surface area (TPSA) is 134 Å². The van der Waals surface area contributed by atoms with Gasteiger partial charge in [0.15, 0.2) is 0 Å². The molecule has 4 fully saturated rings. The fourth-order valence-electron chi connectivity index (χ4n) is 9.35. The summed E-state index contributed by atoms with van der Waals surface area (Å²) in [5, 5.41) is 2.38. The highest BCUT2D eigenvalue weighted by atomic mass is 16.5. The Morgan fingerprint density at radius 1 is 0.944 bits per heavy atom. The Morgan fingerprint density at radius 3 is 2.39 bits per heavy atom. The highest BCUT2D eigenvalue weighted by Crippen LogP contribution is 2.44. The minimum atomic E-state index is -0.591. The van der Waals surface area contributed by atoms with Crippen LogP contribution in [0.1, 0.15) is 47.2 Å². The standard InChI is InChI=1S/C40H46N8O6/c1-43-21-30(36-41-10-13-47(36)39(43)52)27-14-33(53-2)31(34(15-27)54-3)22-45-18-25(19-45)17-44-11-8-40(9-12-44)23-46(24-40)28-5-4-26-20-48(38(51)29(26)16-28)32-6-7-35(49)42-37(32)50/h4-5,10,13-16,21,25,32H,6-9,11-12,17-20,22-24H2,1-3H3,(H,42,49,50). The molecule has 1 spiro atoms. The van der Waals surface area contributed by atoms with E-state index in [0.717, 1.165) is 91.8 Å². The van der Waals surface area contributed by atoms with Crippen LogP contribution in [-0.2, 0) is 29.7 Å². The van der Waals surface area contributed by atoms with Crippen LogP contribution in [0.3, 0.4) is 0 Å². The molecule has 5 aliphatic rings. The van der Waals surface area contributed by atoms with Gasteiger partial charge < -0.3 is 28.7 Å². The Bertz CT molecular complexity index is 2200. The average Bonchev–Trinajstić information content (AvgIpc) is 3.76. The fourth-order valence-corrected chi connectivity index (χ4v) is 9.35. The van der Waals surface area contributed by atoms with Crippen LogP contribution >= 0.6 is 0 Å². The second-order valence-corrected chi connectivity index (χ2v) is 15.9. The maximum Gasteiger partial charge on any atom is 0.333 e. The van der Waals surface area contributed by atoms with Gasteiger partial charge in [0.1, 0.15) is 23.2 Å². The van der Waals surface area contributed by atoms with Crippen molar-refractivity contribution in [3.05, 3.63) is 76.1 Å². The molecule has 0 bridgehead atoms. The molecule has 3 amide bonds. The quantitative estimate of drug-likeness (QED) is 0.256. The lowest BCUT2D eigenvalue weighted by atomic mass is 9.71. The minimum absolute atomic E-state index is 0.120. The number of fused-ring (bicyclic) bond motifs is 2. The zero-order valence-corrected chi connectivity index (χ0v) is 31.0. The number of benzene rings is 2. The molecule has 7 heterocycles. The molecule has 1 atom stereocenters. The Morgan fingerprint density at radius 2 is 1.69 bits per heavy atom. The summed E-state index contributed by atoms with van der Waals surface area (Å²) < 4.78 is 14.9. The van der Waals surface area contributed by atoms with Gasteiger partial charge in [-0.1, -0.05) is 6.07 Å². The number of imidazole rings is 1. The van der Waals surface area contributed by atoms with E-state index in [9.17, 15) is 19.2 Å². The second kappa shape index (κ2) is 13.3. The zero-order valence-electron chi connectivity index (χ0n) is 31.0. The molecule has 14 nitrogen and oxygen atoms in total. The van der Waals surface area contributed by atoms with Crippen molar-refractivity contribution >= 4 is 29.1 Å². The van der Waals surface area contributed by atoms with Gasteiger partial charge in [-0.05, 0) is 73.7 Å². The summed E-state index contributed by atoms with van der Waals surface area (Å²) in [4.78, 5) is 63.5. The van der Waals surface area contributed by atoms with E-state index in [0.29, 0.717) is 35.5 Å². The van der Waals surface area contributed by atoms with Gasteiger partial charge in [-0.3, -0.25) is 29.0 Å². The van der Waals surface area contributed by atoms with Crippen LogP contribution in [-0.4, -0.2) is 112 Å². The molecule has 5 aliphatic heterocycles. The third-order valence-corrected chi connectivity index (χ3v) is 12.4. The molecule has 0 radical (unpaired) electrons. The van der Waals surface area contributed by atoms with Crippen molar-refractivity contribution in [3.63, 3.8) is 0 Å². The smallest absolute Gasteiger partial charge is 0.333 e. The molecule has 0 saturated carbocycles. The van der Waals surface area contributed by atoms with Gasteiger partial charge in [0, 0.05) is 100 Å². The zero-order chi connectivity index (χ0) is 37.3. The lowest BCUT2D eigenvalue weighted by molar-refractivity contribution is -0.136. The van der Waals surface area contributed by atoms with Crippen molar-refractivity contribution in [2.24, 2.45) is 18.4 Å².